The highest BCUT2D eigenvalue weighted by molar-refractivity contribution is 5.94. The number of nitrogens with one attached hydrogen (secondary N) is 2. The van der Waals surface area contributed by atoms with Crippen LogP contribution in [0.4, 0.5) is 10.2 Å². The van der Waals surface area contributed by atoms with Crippen molar-refractivity contribution in [2.75, 3.05) is 11.9 Å². The van der Waals surface area contributed by atoms with Crippen LogP contribution in [0.3, 0.4) is 0 Å². The lowest BCUT2D eigenvalue weighted by Gasteiger charge is -2.06. The third kappa shape index (κ3) is 3.74. The third-order valence-electron chi connectivity index (χ3n) is 2.66. The zero-order valence-corrected chi connectivity index (χ0v) is 11.1. The fourth-order valence-corrected chi connectivity index (χ4v) is 1.64. The Morgan fingerprint density at radius 3 is 2.50 bits per heavy atom. The second kappa shape index (κ2) is 6.60. The van der Waals surface area contributed by atoms with Gasteiger partial charge in [0, 0.05) is 18.7 Å². The molecule has 0 saturated carbocycles. The number of hydrogen-bond donors (Lipinski definition) is 2. The first-order chi connectivity index (χ1) is 9.69. The van der Waals surface area contributed by atoms with E-state index < -0.39 is 5.95 Å². The Morgan fingerprint density at radius 2 is 1.90 bits per heavy atom. The molecule has 0 unspecified atom stereocenters. The summed E-state index contributed by atoms with van der Waals surface area (Å²) in [7, 11) is 0. The monoisotopic (exact) mass is 274 g/mol. The van der Waals surface area contributed by atoms with Gasteiger partial charge >= 0.3 is 0 Å². The maximum Gasteiger partial charge on any atom is 0.251 e. The minimum atomic E-state index is -0.609. The van der Waals surface area contributed by atoms with Crippen molar-refractivity contribution in [1.29, 1.82) is 0 Å². The van der Waals surface area contributed by atoms with Gasteiger partial charge in [0.15, 0.2) is 0 Å². The van der Waals surface area contributed by atoms with Gasteiger partial charge in [-0.15, -0.1) is 10.2 Å². The Morgan fingerprint density at radius 1 is 1.15 bits per heavy atom. The van der Waals surface area contributed by atoms with Crippen LogP contribution in [-0.2, 0) is 6.54 Å². The summed E-state index contributed by atoms with van der Waals surface area (Å²) in [4.78, 5) is 11.6. The fourth-order valence-electron chi connectivity index (χ4n) is 1.64. The van der Waals surface area contributed by atoms with Crippen LogP contribution >= 0.6 is 0 Å². The first-order valence-electron chi connectivity index (χ1n) is 6.29. The van der Waals surface area contributed by atoms with Crippen LogP contribution in [0.2, 0.25) is 0 Å². The highest BCUT2D eigenvalue weighted by atomic mass is 19.1. The lowest BCUT2D eigenvalue weighted by molar-refractivity contribution is 0.0956. The summed E-state index contributed by atoms with van der Waals surface area (Å²) in [6.07, 6.45) is 0. The molecular formula is C14H15FN4O. The minimum absolute atomic E-state index is 0.0867. The second-order valence-electron chi connectivity index (χ2n) is 4.15. The van der Waals surface area contributed by atoms with Gasteiger partial charge in [0.25, 0.3) is 5.91 Å². The fraction of sp³-hybridized carbons (Fsp3) is 0.214. The lowest BCUT2D eigenvalue weighted by Crippen LogP contribution is -2.22. The van der Waals surface area contributed by atoms with Gasteiger partial charge in [-0.05, 0) is 36.8 Å². The number of halogens is 1. The van der Waals surface area contributed by atoms with Crippen LogP contribution in [0.25, 0.3) is 0 Å². The van der Waals surface area contributed by atoms with Gasteiger partial charge in [0.2, 0.25) is 5.95 Å². The maximum absolute atomic E-state index is 12.6. The molecule has 1 amide bonds. The average molecular weight is 274 g/mol. The predicted octanol–water partition coefficient (Wildman–Crippen LogP) is 1.98. The first-order valence-corrected chi connectivity index (χ1v) is 6.29. The van der Waals surface area contributed by atoms with Crippen molar-refractivity contribution in [2.45, 2.75) is 13.5 Å². The van der Waals surface area contributed by atoms with Crippen molar-refractivity contribution in [2.24, 2.45) is 0 Å². The number of nitrogens with zero attached hydrogens (tertiary/aromatic N) is 2. The van der Waals surface area contributed by atoms with E-state index in [1.165, 1.54) is 12.1 Å². The molecular weight excluding hydrogens is 259 g/mol. The Bertz CT molecular complexity index is 569. The van der Waals surface area contributed by atoms with Crippen molar-refractivity contribution in [1.82, 2.24) is 15.5 Å². The molecule has 2 N–H and O–H groups in total. The summed E-state index contributed by atoms with van der Waals surface area (Å²) in [5, 5.41) is 12.7. The quantitative estimate of drug-likeness (QED) is 0.875. The van der Waals surface area contributed by atoms with Crippen molar-refractivity contribution in [3.8, 4) is 0 Å². The summed E-state index contributed by atoms with van der Waals surface area (Å²) in [6, 6.07) is 10.00. The molecule has 0 aliphatic carbocycles. The first kappa shape index (κ1) is 13.9. The van der Waals surface area contributed by atoms with E-state index in [0.717, 1.165) is 5.56 Å². The molecule has 20 heavy (non-hydrogen) atoms. The Labute approximate surface area is 116 Å². The largest absolute Gasteiger partial charge is 0.365 e. The molecule has 2 rings (SSSR count). The van der Waals surface area contributed by atoms with Gasteiger partial charge in [-0.3, -0.25) is 4.79 Å². The molecule has 0 fully saturated rings. The molecule has 1 aromatic heterocycles. The van der Waals surface area contributed by atoms with Gasteiger partial charge in [0.05, 0.1) is 0 Å². The molecule has 0 bridgehead atoms. The van der Waals surface area contributed by atoms with E-state index >= 15 is 0 Å². The molecule has 0 aliphatic rings. The number of carbonyl (C=O) groups is 1. The minimum Gasteiger partial charge on any atom is -0.365 e. The normalized spacial score (nSPS) is 10.1. The van der Waals surface area contributed by atoms with E-state index in [1.54, 1.807) is 12.1 Å². The lowest BCUT2D eigenvalue weighted by atomic mass is 10.1. The summed E-state index contributed by atoms with van der Waals surface area (Å²) in [6.45, 7) is 3.00. The number of hydrogen-bond acceptors (Lipinski definition) is 4. The van der Waals surface area contributed by atoms with Gasteiger partial charge in [-0.2, -0.15) is 4.39 Å². The topological polar surface area (TPSA) is 66.9 Å². The summed E-state index contributed by atoms with van der Waals surface area (Å²) >= 11 is 0. The number of benzene rings is 1. The van der Waals surface area contributed by atoms with Gasteiger partial charge < -0.3 is 10.6 Å². The van der Waals surface area contributed by atoms with E-state index in [1.807, 2.05) is 19.1 Å². The molecule has 0 saturated heterocycles. The van der Waals surface area contributed by atoms with Crippen LogP contribution in [0.1, 0.15) is 22.8 Å². The van der Waals surface area contributed by atoms with Gasteiger partial charge in [-0.25, -0.2) is 0 Å². The van der Waals surface area contributed by atoms with E-state index in [0.29, 0.717) is 24.5 Å². The van der Waals surface area contributed by atoms with Crippen molar-refractivity contribution in [3.05, 3.63) is 53.5 Å². The Balaban J connectivity index is 1.93. The summed E-state index contributed by atoms with van der Waals surface area (Å²) < 4.78 is 12.6. The number of amides is 1. The third-order valence-corrected chi connectivity index (χ3v) is 2.66. The molecule has 1 heterocycles. The van der Waals surface area contributed by atoms with Crippen LogP contribution in [-0.4, -0.2) is 22.6 Å². The number of rotatable bonds is 5. The van der Waals surface area contributed by atoms with Gasteiger partial charge in [-0.1, -0.05) is 12.1 Å². The van der Waals surface area contributed by atoms with Crippen LogP contribution in [0.5, 0.6) is 0 Å². The molecule has 0 atom stereocenters. The van der Waals surface area contributed by atoms with Crippen LogP contribution in [0, 0.1) is 5.95 Å². The molecule has 6 heteroatoms. The van der Waals surface area contributed by atoms with Crippen LogP contribution < -0.4 is 10.6 Å². The average Bonchev–Trinajstić information content (AvgIpc) is 2.47. The maximum atomic E-state index is 12.6. The molecule has 0 spiro atoms. The van der Waals surface area contributed by atoms with Crippen molar-refractivity contribution < 1.29 is 9.18 Å². The zero-order chi connectivity index (χ0) is 14.4. The van der Waals surface area contributed by atoms with E-state index in [2.05, 4.69) is 20.8 Å². The molecule has 104 valence electrons. The number of carbonyl (C=O) groups excluding carboxylic acids is 1. The van der Waals surface area contributed by atoms with Crippen molar-refractivity contribution >= 4 is 11.7 Å². The van der Waals surface area contributed by atoms with E-state index in [9.17, 15) is 9.18 Å². The molecule has 0 radical (unpaired) electrons. The number of aromatic nitrogens is 2. The predicted molar refractivity (Wildman–Crippen MR) is 73.8 cm³/mol. The van der Waals surface area contributed by atoms with E-state index in [4.69, 9.17) is 0 Å². The highest BCUT2D eigenvalue weighted by Gasteiger charge is 2.03. The SMILES string of the molecule is CCNC(=O)c1ccc(CNc2ccc(F)nn2)cc1. The molecule has 5 nitrogen and oxygen atoms in total. The molecule has 1 aromatic carbocycles. The Hall–Kier alpha value is -2.50. The standard InChI is InChI=1S/C14H15FN4O/c1-2-16-14(20)11-5-3-10(4-6-11)9-17-13-8-7-12(15)18-19-13/h3-8H,2,9H2,1H3,(H,16,20)(H,17,19). The van der Waals surface area contributed by atoms with E-state index in [-0.39, 0.29) is 5.91 Å². The molecule has 0 aliphatic heterocycles. The van der Waals surface area contributed by atoms with Gasteiger partial charge in [0.1, 0.15) is 5.82 Å². The zero-order valence-electron chi connectivity index (χ0n) is 11.1. The summed E-state index contributed by atoms with van der Waals surface area (Å²) in [5.74, 6) is -0.197. The highest BCUT2D eigenvalue weighted by Crippen LogP contribution is 2.08. The second-order valence-corrected chi connectivity index (χ2v) is 4.15. The number of anilines is 1. The van der Waals surface area contributed by atoms with Crippen LogP contribution in [0.15, 0.2) is 36.4 Å². The smallest absolute Gasteiger partial charge is 0.251 e. The Kier molecular flexibility index (Phi) is 4.60. The summed E-state index contributed by atoms with van der Waals surface area (Å²) in [5.41, 5.74) is 1.61. The molecule has 2 aromatic rings. The van der Waals surface area contributed by atoms with Crippen molar-refractivity contribution in [3.63, 3.8) is 0 Å².